The number of hydrogen-bond acceptors (Lipinski definition) is 5. The molecule has 4 aromatic rings. The van der Waals surface area contributed by atoms with Gasteiger partial charge >= 0.3 is 0 Å². The lowest BCUT2D eigenvalue weighted by atomic mass is 10.2. The second-order valence-electron chi connectivity index (χ2n) is 5.48. The van der Waals surface area contributed by atoms with Crippen molar-refractivity contribution in [2.45, 2.75) is 19.9 Å². The van der Waals surface area contributed by atoms with E-state index in [4.69, 9.17) is 4.42 Å². The average Bonchev–Trinajstić information content (AvgIpc) is 3.11. The zero-order valence-electron chi connectivity index (χ0n) is 13.0. The molecular weight excluding hydrogens is 324 g/mol. The fourth-order valence-electron chi connectivity index (χ4n) is 2.81. The smallest absolute Gasteiger partial charge is 0.266 e. The highest BCUT2D eigenvalue weighted by molar-refractivity contribution is 7.24. The minimum Gasteiger partial charge on any atom is -0.461 e. The van der Waals surface area contributed by atoms with E-state index in [9.17, 15) is 9.59 Å². The van der Waals surface area contributed by atoms with Gasteiger partial charge in [0.2, 0.25) is 5.43 Å². The van der Waals surface area contributed by atoms with Crippen LogP contribution in [0.25, 0.3) is 31.9 Å². The van der Waals surface area contributed by atoms with Gasteiger partial charge in [-0.2, -0.15) is 0 Å². The molecule has 0 aliphatic heterocycles. The predicted octanol–water partition coefficient (Wildman–Crippen LogP) is 3.64. The molecule has 0 spiro atoms. The van der Waals surface area contributed by atoms with Crippen LogP contribution in [0.2, 0.25) is 0 Å². The Bertz CT molecular complexity index is 1160. The van der Waals surface area contributed by atoms with Crippen LogP contribution in [0.5, 0.6) is 0 Å². The number of aromatic nitrogens is 2. The molecule has 0 fully saturated rings. The van der Waals surface area contributed by atoms with Crippen molar-refractivity contribution in [3.8, 4) is 11.6 Å². The van der Waals surface area contributed by atoms with Gasteiger partial charge in [0.1, 0.15) is 10.2 Å². The Hall–Kier alpha value is -2.73. The maximum Gasteiger partial charge on any atom is 0.266 e. The molecule has 0 aliphatic carbocycles. The van der Waals surface area contributed by atoms with Crippen molar-refractivity contribution < 1.29 is 4.42 Å². The van der Waals surface area contributed by atoms with Crippen LogP contribution in [0.1, 0.15) is 13.3 Å². The molecule has 6 heteroatoms. The summed E-state index contributed by atoms with van der Waals surface area (Å²) < 4.78 is 7.78. The van der Waals surface area contributed by atoms with Gasteiger partial charge in [-0.25, -0.2) is 4.98 Å². The van der Waals surface area contributed by atoms with Crippen molar-refractivity contribution in [3.63, 3.8) is 0 Å². The fraction of sp³-hybridized carbons (Fsp3) is 0.167. The molecule has 0 saturated carbocycles. The molecule has 0 unspecified atom stereocenters. The lowest BCUT2D eigenvalue weighted by Crippen LogP contribution is -2.27. The second kappa shape index (κ2) is 5.72. The van der Waals surface area contributed by atoms with Crippen LogP contribution < -0.4 is 11.0 Å². The minimum absolute atomic E-state index is 0.155. The molecule has 0 atom stereocenters. The van der Waals surface area contributed by atoms with Crippen LogP contribution >= 0.6 is 11.3 Å². The Morgan fingerprint density at radius 2 is 2.00 bits per heavy atom. The normalized spacial score (nSPS) is 11.4. The first-order valence-corrected chi connectivity index (χ1v) is 8.52. The van der Waals surface area contributed by atoms with Gasteiger partial charge in [-0.05, 0) is 30.7 Å². The lowest BCUT2D eigenvalue weighted by molar-refractivity contribution is 0.561. The van der Waals surface area contributed by atoms with E-state index in [0.717, 1.165) is 11.1 Å². The predicted molar refractivity (Wildman–Crippen MR) is 95.6 cm³/mol. The highest BCUT2D eigenvalue weighted by atomic mass is 32.1. The quantitative estimate of drug-likeness (QED) is 0.535. The highest BCUT2D eigenvalue weighted by Gasteiger charge is 2.18. The number of rotatable bonds is 3. The van der Waals surface area contributed by atoms with E-state index in [1.807, 2.05) is 19.1 Å². The molecule has 3 heterocycles. The first-order valence-electron chi connectivity index (χ1n) is 7.71. The summed E-state index contributed by atoms with van der Waals surface area (Å²) in [4.78, 5) is 30.8. The maximum absolute atomic E-state index is 13.0. The van der Waals surface area contributed by atoms with Crippen LogP contribution in [0.4, 0.5) is 0 Å². The number of fused-ring (bicyclic) bond motifs is 2. The van der Waals surface area contributed by atoms with Crippen LogP contribution in [0.15, 0.2) is 56.7 Å². The van der Waals surface area contributed by atoms with Gasteiger partial charge in [-0.1, -0.05) is 19.1 Å². The van der Waals surface area contributed by atoms with Gasteiger partial charge in [0.25, 0.3) is 5.56 Å². The third-order valence-electron chi connectivity index (χ3n) is 3.89. The van der Waals surface area contributed by atoms with Gasteiger partial charge in [0.05, 0.1) is 6.26 Å². The zero-order chi connectivity index (χ0) is 16.7. The Morgan fingerprint density at radius 1 is 1.17 bits per heavy atom. The van der Waals surface area contributed by atoms with Crippen LogP contribution in [-0.4, -0.2) is 9.55 Å². The van der Waals surface area contributed by atoms with Crippen molar-refractivity contribution in [2.75, 3.05) is 0 Å². The summed E-state index contributed by atoms with van der Waals surface area (Å²) in [6.07, 6.45) is 2.30. The number of furan rings is 1. The molecule has 1 aromatic carbocycles. The maximum atomic E-state index is 13.0. The molecule has 0 amide bonds. The lowest BCUT2D eigenvalue weighted by Gasteiger charge is -2.10. The number of hydrogen-bond donors (Lipinski definition) is 0. The van der Waals surface area contributed by atoms with E-state index in [1.54, 1.807) is 30.5 Å². The summed E-state index contributed by atoms with van der Waals surface area (Å²) in [5.74, 6) is 0.987. The Balaban J connectivity index is 2.18. The molecule has 0 bridgehead atoms. The molecule has 0 radical (unpaired) electrons. The first kappa shape index (κ1) is 14.8. The number of nitrogens with zero attached hydrogens (tertiary/aromatic N) is 2. The van der Waals surface area contributed by atoms with E-state index < -0.39 is 0 Å². The minimum atomic E-state index is -0.305. The summed E-state index contributed by atoms with van der Waals surface area (Å²) >= 11 is 1.35. The van der Waals surface area contributed by atoms with Gasteiger partial charge in [0.15, 0.2) is 11.6 Å². The molecule has 0 saturated heterocycles. The Morgan fingerprint density at radius 3 is 2.75 bits per heavy atom. The summed E-state index contributed by atoms with van der Waals surface area (Å²) in [6, 6.07) is 10.8. The second-order valence-corrected chi connectivity index (χ2v) is 6.51. The van der Waals surface area contributed by atoms with Crippen LogP contribution in [-0.2, 0) is 6.54 Å². The van der Waals surface area contributed by atoms with Crippen molar-refractivity contribution in [1.82, 2.24) is 9.55 Å². The van der Waals surface area contributed by atoms with Crippen LogP contribution in [0.3, 0.4) is 0 Å². The third kappa shape index (κ3) is 2.18. The molecule has 24 heavy (non-hydrogen) atoms. The molecule has 3 aromatic heterocycles. The summed E-state index contributed by atoms with van der Waals surface area (Å²) in [7, 11) is 0. The molecule has 4 rings (SSSR count). The van der Waals surface area contributed by atoms with Crippen molar-refractivity contribution in [3.05, 3.63) is 63.2 Å². The Kier molecular flexibility index (Phi) is 3.54. The van der Waals surface area contributed by atoms with E-state index in [-0.39, 0.29) is 16.4 Å². The SMILES string of the molecule is CCCn1c(-c2ccco2)nc2sc3ccccc3c(=O)c2c1=O. The Labute approximate surface area is 140 Å². The highest BCUT2D eigenvalue weighted by Crippen LogP contribution is 2.24. The molecule has 0 N–H and O–H groups in total. The van der Waals surface area contributed by atoms with Gasteiger partial charge < -0.3 is 4.42 Å². The van der Waals surface area contributed by atoms with Gasteiger partial charge in [-0.3, -0.25) is 14.2 Å². The summed E-state index contributed by atoms with van der Waals surface area (Å²) in [5, 5.41) is 0.713. The average molecular weight is 338 g/mol. The van der Waals surface area contributed by atoms with Gasteiger partial charge in [-0.15, -0.1) is 11.3 Å². The standard InChI is InChI=1S/C18H14N2O3S/c1-2-9-20-16(12-7-5-10-23-12)19-17-14(18(20)22)15(21)11-6-3-4-8-13(11)24-17/h3-8,10H,2,9H2,1H3. The molecule has 0 aliphatic rings. The summed E-state index contributed by atoms with van der Waals surface area (Å²) in [6.45, 7) is 2.46. The van der Waals surface area contributed by atoms with Crippen molar-refractivity contribution in [1.29, 1.82) is 0 Å². The largest absolute Gasteiger partial charge is 0.461 e. The first-order chi connectivity index (χ1) is 11.7. The zero-order valence-corrected chi connectivity index (χ0v) is 13.8. The third-order valence-corrected chi connectivity index (χ3v) is 4.95. The van der Waals surface area contributed by atoms with Crippen LogP contribution in [0, 0.1) is 0 Å². The van der Waals surface area contributed by atoms with Crippen molar-refractivity contribution >= 4 is 31.6 Å². The fourth-order valence-corrected chi connectivity index (χ4v) is 3.85. The van der Waals surface area contributed by atoms with E-state index >= 15 is 0 Å². The topological polar surface area (TPSA) is 65.1 Å². The molecule has 5 nitrogen and oxygen atoms in total. The van der Waals surface area contributed by atoms with Crippen molar-refractivity contribution in [2.24, 2.45) is 0 Å². The van der Waals surface area contributed by atoms with E-state index in [1.165, 1.54) is 15.9 Å². The number of benzene rings is 1. The molecular formula is C18H14N2O3S. The summed E-state index contributed by atoms with van der Waals surface area (Å²) in [5.41, 5.74) is -0.562. The van der Waals surface area contributed by atoms with E-state index in [0.29, 0.717) is 28.3 Å². The monoisotopic (exact) mass is 338 g/mol. The van der Waals surface area contributed by atoms with E-state index in [2.05, 4.69) is 4.98 Å². The molecule has 120 valence electrons. The van der Waals surface area contributed by atoms with Gasteiger partial charge in [0, 0.05) is 16.6 Å².